The van der Waals surface area contributed by atoms with Crippen molar-refractivity contribution in [3.05, 3.63) is 0 Å². The summed E-state index contributed by atoms with van der Waals surface area (Å²) in [6.07, 6.45) is -118. The van der Waals surface area contributed by atoms with Crippen molar-refractivity contribution >= 4 is 5.91 Å². The fourth-order valence-corrected chi connectivity index (χ4v) is 16.1. The van der Waals surface area contributed by atoms with Gasteiger partial charge in [0.15, 0.2) is 69.2 Å². The molecule has 1 unspecified atom stereocenters. The summed E-state index contributed by atoms with van der Waals surface area (Å²) < 4.78 is 122. The molecular formula is C68H115NO56. The van der Waals surface area contributed by atoms with Gasteiger partial charge in [0.05, 0.1) is 72.7 Å². The average Bonchev–Trinajstić information content (AvgIpc) is 0.768. The van der Waals surface area contributed by atoms with Gasteiger partial charge in [-0.25, -0.2) is 0 Å². The fourth-order valence-electron chi connectivity index (χ4n) is 16.1. The monoisotopic (exact) mass is 1840 g/mol. The summed E-state index contributed by atoms with van der Waals surface area (Å²) in [4.78, 5) is 12.4. The molecule has 0 aromatic carbocycles. The molecule has 11 aliphatic heterocycles. The van der Waals surface area contributed by atoms with Gasteiger partial charge in [0.25, 0.3) is 0 Å². The van der Waals surface area contributed by atoms with Crippen molar-refractivity contribution < 1.29 is 278 Å². The summed E-state index contributed by atoms with van der Waals surface area (Å²) >= 11 is 0. The van der Waals surface area contributed by atoms with Gasteiger partial charge < -0.3 is 278 Å². The van der Waals surface area contributed by atoms with E-state index in [9.17, 15) is 178 Å². The number of rotatable bonds is 32. The Morgan fingerprint density at radius 2 is 0.424 bits per heavy atom. The Kier molecular flexibility index (Phi) is 36.7. The van der Waals surface area contributed by atoms with Crippen molar-refractivity contribution in [1.82, 2.24) is 5.32 Å². The van der Waals surface area contributed by atoms with Gasteiger partial charge in [0, 0.05) is 6.92 Å². The molecule has 0 aliphatic carbocycles. The topological polar surface area (TPSA) is 911 Å². The second kappa shape index (κ2) is 44.6. The van der Waals surface area contributed by atoms with E-state index in [0.717, 1.165) is 6.92 Å². The Balaban J connectivity index is 0.890. The maximum atomic E-state index is 12.6. The third kappa shape index (κ3) is 21.8. The van der Waals surface area contributed by atoms with Crippen LogP contribution in [0.15, 0.2) is 0 Å². The lowest BCUT2D eigenvalue weighted by molar-refractivity contribution is -0.411. The van der Waals surface area contributed by atoms with Crippen LogP contribution in [0.2, 0.25) is 0 Å². The van der Waals surface area contributed by atoms with E-state index in [1.54, 1.807) is 0 Å². The van der Waals surface area contributed by atoms with E-state index in [-0.39, 0.29) is 0 Å². The maximum Gasteiger partial charge on any atom is 0.217 e. The van der Waals surface area contributed by atoms with Gasteiger partial charge in [0.2, 0.25) is 5.91 Å². The van der Waals surface area contributed by atoms with Crippen LogP contribution in [-0.2, 0) is 104 Å². The molecule has 11 heterocycles. The van der Waals surface area contributed by atoms with E-state index in [0.29, 0.717) is 0 Å². The van der Waals surface area contributed by atoms with Crippen LogP contribution in [0.5, 0.6) is 0 Å². The van der Waals surface area contributed by atoms with E-state index < -0.39 is 416 Å². The SMILES string of the molecule is CC(=O)N[C@H]1C(O)O[C@H](CO)[C@@H](O[C@@H]2O[C@H](CO[C@H]3O[C@H](CO[C@H]4O[C@H](CO)[C@@H](O)[C@H](O)[C@@H]4O[C@H]4O[C@H](CO)[C@@H](O)[C@H](O)[C@@H]4O)[C@@H](O)[C@H](O[C@H]4O[C@H](CO)[C@@H](O)[C@H](O)[C@@H]4O)[C@@H]3O)[C@@H](O)[C@H](O[C@H]3O[C@H](CO)[C@@H](O)[C@H](O)[C@@H]3O[C@H]3O[C@H](CO)[C@@H](O)[C@H](O)[C@@H]3O[C@H]3O[C@H](CO)[C@@H](O)[C@H](O[C@H]4O[C@H](CO)[C@@H](O)[C@H](O[C@H]5O[C@H](CO)[C@@H](O)[C@H](O)[C@H]5O)[C@H]4O)[C@@H]3O)[C@@H]2O)[C@@H]1O. The van der Waals surface area contributed by atoms with E-state index in [1.165, 1.54) is 0 Å². The summed E-state index contributed by atoms with van der Waals surface area (Å²) in [6.45, 7) is -11.6. The molecule has 0 spiro atoms. The normalized spacial score (nSPS) is 52.7. The van der Waals surface area contributed by atoms with Crippen molar-refractivity contribution in [2.75, 3.05) is 72.7 Å². The molecule has 125 heavy (non-hydrogen) atoms. The molecule has 11 fully saturated rings. The van der Waals surface area contributed by atoms with Gasteiger partial charge >= 0.3 is 0 Å². The zero-order valence-electron chi connectivity index (χ0n) is 65.7. The first-order valence-electron chi connectivity index (χ1n) is 39.7. The first kappa shape index (κ1) is 103. The molecule has 1 amide bonds. The second-order valence-corrected chi connectivity index (χ2v) is 31.6. The van der Waals surface area contributed by atoms with Crippen LogP contribution in [0, 0.1) is 0 Å². The zero-order chi connectivity index (χ0) is 91.7. The van der Waals surface area contributed by atoms with Crippen LogP contribution < -0.4 is 5.32 Å². The Hall–Kier alpha value is -2.73. The van der Waals surface area contributed by atoms with Gasteiger partial charge in [-0.2, -0.15) is 0 Å². The smallest absolute Gasteiger partial charge is 0.217 e. The molecule has 0 aromatic heterocycles. The second-order valence-electron chi connectivity index (χ2n) is 31.6. The quantitative estimate of drug-likeness (QED) is 0.0297. The van der Waals surface area contributed by atoms with Gasteiger partial charge in [0.1, 0.15) is 269 Å². The number of nitrogens with one attached hydrogen (secondary N) is 1. The number of amides is 1. The minimum Gasteiger partial charge on any atom is -0.394 e. The highest BCUT2D eigenvalue weighted by Gasteiger charge is 2.62. The minimum absolute atomic E-state index is 0.896. The van der Waals surface area contributed by atoms with E-state index in [4.69, 9.17) is 99.5 Å². The lowest BCUT2D eigenvalue weighted by atomic mass is 9.94. The Morgan fingerprint density at radius 1 is 0.208 bits per heavy atom. The van der Waals surface area contributed by atoms with Crippen molar-refractivity contribution in [2.45, 2.75) is 345 Å². The van der Waals surface area contributed by atoms with Crippen LogP contribution in [-0.4, -0.2) is 590 Å². The molecule has 57 nitrogen and oxygen atoms in total. The molecule has 55 atom stereocenters. The average molecular weight is 1840 g/mol. The van der Waals surface area contributed by atoms with Gasteiger partial charge in [-0.15, -0.1) is 0 Å². The summed E-state index contributed by atoms with van der Waals surface area (Å²) in [5.74, 6) is -0.896. The highest BCUT2D eigenvalue weighted by atomic mass is 16.8. The number of aliphatic hydroxyl groups is 34. The molecule has 0 radical (unpaired) electrons. The van der Waals surface area contributed by atoms with Gasteiger partial charge in [-0.1, -0.05) is 0 Å². The highest BCUT2D eigenvalue weighted by molar-refractivity contribution is 5.73. The number of hydrogen-bond acceptors (Lipinski definition) is 56. The van der Waals surface area contributed by atoms with Crippen molar-refractivity contribution in [1.29, 1.82) is 0 Å². The number of hydrogen-bond donors (Lipinski definition) is 35. The number of carbonyl (C=O) groups excluding carboxylic acids is 1. The Bertz CT molecular complexity index is 3250. The molecule has 728 valence electrons. The molecule has 0 saturated carbocycles. The molecule has 11 saturated heterocycles. The molecule has 11 rings (SSSR count). The molecule has 11 aliphatic rings. The van der Waals surface area contributed by atoms with Crippen LogP contribution in [0.4, 0.5) is 0 Å². The summed E-state index contributed by atoms with van der Waals surface area (Å²) in [7, 11) is 0. The Labute approximate surface area is 704 Å². The predicted octanol–water partition coefficient (Wildman–Crippen LogP) is -24.8. The molecule has 35 N–H and O–H groups in total. The number of carbonyl (C=O) groups is 1. The van der Waals surface area contributed by atoms with Crippen molar-refractivity contribution in [3.8, 4) is 0 Å². The molecule has 0 bridgehead atoms. The first-order chi connectivity index (χ1) is 59.3. The molecular weight excluding hydrogens is 1730 g/mol. The minimum atomic E-state index is -2.61. The van der Waals surface area contributed by atoms with E-state index >= 15 is 0 Å². The van der Waals surface area contributed by atoms with Gasteiger partial charge in [-0.05, 0) is 0 Å². The van der Waals surface area contributed by atoms with Crippen LogP contribution >= 0.6 is 0 Å². The largest absolute Gasteiger partial charge is 0.394 e. The summed E-state index contributed by atoms with van der Waals surface area (Å²) in [6, 6.07) is -1.83. The van der Waals surface area contributed by atoms with Crippen molar-refractivity contribution in [3.63, 3.8) is 0 Å². The molecule has 0 aromatic rings. The van der Waals surface area contributed by atoms with Crippen LogP contribution in [0.3, 0.4) is 0 Å². The number of ether oxygens (including phenoxy) is 21. The highest BCUT2D eigenvalue weighted by Crippen LogP contribution is 2.42. The summed E-state index contributed by atoms with van der Waals surface area (Å²) in [5.41, 5.74) is 0. The van der Waals surface area contributed by atoms with Crippen LogP contribution in [0.25, 0.3) is 0 Å². The van der Waals surface area contributed by atoms with Crippen molar-refractivity contribution in [2.24, 2.45) is 0 Å². The third-order valence-electron chi connectivity index (χ3n) is 23.4. The third-order valence-corrected chi connectivity index (χ3v) is 23.4. The lowest BCUT2D eigenvalue weighted by Crippen LogP contribution is -2.69. The maximum absolute atomic E-state index is 12.6. The summed E-state index contributed by atoms with van der Waals surface area (Å²) in [5, 5.41) is 379. The standard InChI is InChI=1S/C68H115NO56/c1-13(79)69-25-36(90)50(22(10-78)107-58(25)104)118-65-49(103)54(35(89)24(117-65)11-105-59-46(100)53(120-61-44(98)38(92)27(81)15(3-71)109-61)34(88)23(116-59)12-106-66-55(40(94)29(83)17(5-73)113-66)123-62-45(99)39(93)28(82)16(4-72)110-62)122-67-57(42(96)31(85)18(6-74)114-67)125-68-56(41(95)30(84)19(7-75)115-68)124-64-48(102)52(33(87)21(9-77)112-64)121-63-47(101)51(32(86)20(8-76)111-63)119-60-43(97)37(91)26(80)14(2-70)108-60/h14-68,70-78,80-104H,2-12H2,1H3,(H,69,79)/t14-,15-,16-,17-,18-,19-,20-,21-,22-,23-,24-,25-,26-,27-,28-,29-,30-,31-,32-,33-,34-,35-,36-,37+,38+,39+,40+,41+,42+,43-,44+,45+,46+,47-,48+,49+,50-,51+,52+,53+,54+,55+,56+,57+,58?,59+,60-,61-,62-,63-,64-,65+,66+,67-,68-/m1/s1. The number of aliphatic hydroxyl groups excluding tert-OH is 34. The van der Waals surface area contributed by atoms with Crippen LogP contribution in [0.1, 0.15) is 6.92 Å². The lowest BCUT2D eigenvalue weighted by Gasteiger charge is -2.51. The van der Waals surface area contributed by atoms with E-state index in [1.807, 2.05) is 0 Å². The zero-order valence-corrected chi connectivity index (χ0v) is 65.7. The predicted molar refractivity (Wildman–Crippen MR) is 374 cm³/mol. The molecule has 57 heteroatoms. The fraction of sp³-hybridized carbons (Fsp3) is 0.985. The van der Waals surface area contributed by atoms with Gasteiger partial charge in [-0.3, -0.25) is 4.79 Å². The Morgan fingerprint density at radius 3 is 0.744 bits per heavy atom. The van der Waals surface area contributed by atoms with E-state index in [2.05, 4.69) is 5.32 Å². The first-order valence-corrected chi connectivity index (χ1v) is 39.7.